The number of benzene rings is 2. The summed E-state index contributed by atoms with van der Waals surface area (Å²) in [7, 11) is 1.42. The van der Waals surface area contributed by atoms with Crippen molar-refractivity contribution in [3.8, 4) is 5.75 Å². The van der Waals surface area contributed by atoms with Crippen LogP contribution in [0.15, 0.2) is 54.7 Å². The first kappa shape index (κ1) is 27.9. The highest BCUT2D eigenvalue weighted by Crippen LogP contribution is 2.50. The van der Waals surface area contributed by atoms with Gasteiger partial charge in [-0.25, -0.2) is 13.2 Å². The lowest BCUT2D eigenvalue weighted by molar-refractivity contribution is -0.132. The number of nitrogens with zero attached hydrogens (tertiary/aromatic N) is 2. The van der Waals surface area contributed by atoms with Crippen molar-refractivity contribution >= 4 is 29.1 Å². The summed E-state index contributed by atoms with van der Waals surface area (Å²) in [6.45, 7) is 0.268. The summed E-state index contributed by atoms with van der Waals surface area (Å²) in [5.41, 5.74) is -2.66. The van der Waals surface area contributed by atoms with Crippen molar-refractivity contribution in [1.82, 2.24) is 10.3 Å². The zero-order valence-corrected chi connectivity index (χ0v) is 22.3. The number of nitrogens with one attached hydrogen (secondary N) is 1. The summed E-state index contributed by atoms with van der Waals surface area (Å²) >= 11 is 5.88. The molecule has 7 nitrogen and oxygen atoms in total. The van der Waals surface area contributed by atoms with E-state index in [0.29, 0.717) is 31.4 Å². The minimum absolute atomic E-state index is 0.0172. The zero-order valence-electron chi connectivity index (χ0n) is 21.5. The Labute approximate surface area is 233 Å². The van der Waals surface area contributed by atoms with E-state index in [-0.39, 0.29) is 46.0 Å². The van der Waals surface area contributed by atoms with Gasteiger partial charge in [0.05, 0.1) is 28.9 Å². The first-order chi connectivity index (χ1) is 19.1. The molecule has 2 aromatic carbocycles. The maximum absolute atomic E-state index is 14.9. The van der Waals surface area contributed by atoms with Crippen LogP contribution in [0.1, 0.15) is 59.3 Å². The summed E-state index contributed by atoms with van der Waals surface area (Å²) in [5, 5.41) is 14.7. The van der Waals surface area contributed by atoms with Crippen LogP contribution in [0.25, 0.3) is 0 Å². The normalized spacial score (nSPS) is 22.4. The third kappa shape index (κ3) is 4.90. The minimum atomic E-state index is -2.92. The second-order valence-corrected chi connectivity index (χ2v) is 10.5. The van der Waals surface area contributed by atoms with E-state index in [0.717, 1.165) is 6.20 Å². The van der Waals surface area contributed by atoms with Crippen LogP contribution >= 0.6 is 11.6 Å². The van der Waals surface area contributed by atoms with Crippen molar-refractivity contribution in [2.45, 2.75) is 43.8 Å². The number of pyridine rings is 1. The predicted octanol–water partition coefficient (Wildman–Crippen LogP) is 5.39. The summed E-state index contributed by atoms with van der Waals surface area (Å²) < 4.78 is 47.0. The molecule has 1 aliphatic heterocycles. The summed E-state index contributed by atoms with van der Waals surface area (Å²) in [4.78, 5) is 31.6. The number of amides is 2. The van der Waals surface area contributed by atoms with Crippen molar-refractivity contribution in [3.63, 3.8) is 0 Å². The topological polar surface area (TPSA) is 91.8 Å². The third-order valence-electron chi connectivity index (χ3n) is 7.65. The van der Waals surface area contributed by atoms with Crippen molar-refractivity contribution in [2.75, 3.05) is 18.6 Å². The number of halogens is 4. The number of carbonyl (C=O) groups excluding carboxylic acids is 2. The monoisotopic (exact) mass is 573 g/mol. The van der Waals surface area contributed by atoms with E-state index in [9.17, 15) is 27.9 Å². The largest absolute Gasteiger partial charge is 0.496 e. The summed E-state index contributed by atoms with van der Waals surface area (Å²) in [6, 6.07) is 11.6. The van der Waals surface area contributed by atoms with Gasteiger partial charge in [-0.3, -0.25) is 14.6 Å². The van der Waals surface area contributed by atoms with E-state index < -0.39 is 35.4 Å². The lowest BCUT2D eigenvalue weighted by Crippen LogP contribution is -2.45. The van der Waals surface area contributed by atoms with Gasteiger partial charge in [-0.2, -0.15) is 0 Å². The van der Waals surface area contributed by atoms with Crippen molar-refractivity contribution in [2.24, 2.45) is 5.92 Å². The van der Waals surface area contributed by atoms with Gasteiger partial charge < -0.3 is 20.1 Å². The number of rotatable bonds is 7. The molecule has 0 bridgehead atoms. The Morgan fingerprint density at radius 1 is 1.20 bits per heavy atom. The first-order valence-corrected chi connectivity index (χ1v) is 13.2. The lowest BCUT2D eigenvalue weighted by atomic mass is 9.85. The molecule has 0 saturated heterocycles. The first-order valence-electron chi connectivity index (χ1n) is 12.9. The average molecular weight is 574 g/mol. The highest BCUT2D eigenvalue weighted by atomic mass is 35.5. The summed E-state index contributed by atoms with van der Waals surface area (Å²) in [6.07, 6.45) is 0.517. The zero-order chi connectivity index (χ0) is 28.6. The number of ether oxygens (including phenoxy) is 1. The predicted molar refractivity (Wildman–Crippen MR) is 142 cm³/mol. The van der Waals surface area contributed by atoms with Gasteiger partial charge in [0, 0.05) is 24.3 Å². The second kappa shape index (κ2) is 11.1. The molecule has 1 aromatic heterocycles. The fraction of sp³-hybridized carbons (Fsp3) is 0.345. The van der Waals surface area contributed by atoms with Crippen LogP contribution in [0, 0.1) is 11.7 Å². The summed E-state index contributed by atoms with van der Waals surface area (Å²) in [5.74, 6) is -1.76. The van der Waals surface area contributed by atoms with Crippen LogP contribution in [0.5, 0.6) is 5.75 Å². The van der Waals surface area contributed by atoms with Crippen LogP contribution < -0.4 is 15.0 Å². The van der Waals surface area contributed by atoms with E-state index >= 15 is 0 Å². The lowest BCUT2D eigenvalue weighted by Gasteiger charge is -2.32. The molecule has 2 aliphatic rings. The Morgan fingerprint density at radius 3 is 2.60 bits per heavy atom. The molecule has 2 amide bonds. The highest BCUT2D eigenvalue weighted by molar-refractivity contribution is 6.30. The third-order valence-corrected chi connectivity index (χ3v) is 7.86. The van der Waals surface area contributed by atoms with Crippen LogP contribution in [0.2, 0.25) is 5.02 Å². The second-order valence-electron chi connectivity index (χ2n) is 10.0. The highest BCUT2D eigenvalue weighted by Gasteiger charge is 2.54. The Bertz CT molecular complexity index is 1450. The van der Waals surface area contributed by atoms with Crippen molar-refractivity contribution < 1.29 is 32.6 Å². The number of alkyl halides is 2. The molecule has 2 N–H and O–H groups in total. The van der Waals surface area contributed by atoms with Crippen LogP contribution in [-0.4, -0.2) is 41.6 Å². The number of methoxy groups -OCH3 is 1. The number of carbonyl (C=O) groups is 2. The number of fused-ring (bicyclic) bond motifs is 1. The maximum Gasteiger partial charge on any atom is 0.281 e. The van der Waals surface area contributed by atoms with Crippen molar-refractivity contribution in [3.05, 3.63) is 88.0 Å². The quantitative estimate of drug-likeness (QED) is 0.395. The number of hydrogen-bond donors (Lipinski definition) is 2. The van der Waals surface area contributed by atoms with Gasteiger partial charge in [0.25, 0.3) is 18.2 Å². The molecule has 2 heterocycles. The fourth-order valence-corrected chi connectivity index (χ4v) is 5.85. The van der Waals surface area contributed by atoms with Crippen LogP contribution in [0.3, 0.4) is 0 Å². The fourth-order valence-electron chi connectivity index (χ4n) is 5.69. The van der Waals surface area contributed by atoms with Crippen LogP contribution in [0.4, 0.5) is 18.9 Å². The van der Waals surface area contributed by atoms with E-state index in [1.165, 1.54) is 36.3 Å². The molecule has 11 heteroatoms. The Hall–Kier alpha value is -3.63. The Balaban J connectivity index is 1.32. The molecule has 40 heavy (non-hydrogen) atoms. The molecule has 0 spiro atoms. The number of aromatic nitrogens is 1. The van der Waals surface area contributed by atoms with E-state index in [2.05, 4.69) is 10.3 Å². The maximum atomic E-state index is 14.9. The van der Waals surface area contributed by atoms with E-state index in [1.807, 2.05) is 0 Å². The molecular formula is C29H27ClF3N3O4. The molecule has 210 valence electrons. The molecule has 1 unspecified atom stereocenters. The van der Waals surface area contributed by atoms with Gasteiger partial charge in [0.15, 0.2) is 0 Å². The van der Waals surface area contributed by atoms with E-state index in [4.69, 9.17) is 16.3 Å². The molecular weight excluding hydrogens is 547 g/mol. The van der Waals surface area contributed by atoms with Crippen LogP contribution in [-0.2, 0) is 10.4 Å². The van der Waals surface area contributed by atoms with Gasteiger partial charge in [0.1, 0.15) is 17.3 Å². The van der Waals surface area contributed by atoms with Gasteiger partial charge in [-0.05, 0) is 55.9 Å². The minimum Gasteiger partial charge on any atom is -0.496 e. The van der Waals surface area contributed by atoms with E-state index in [1.54, 1.807) is 24.3 Å². The molecule has 1 saturated carbocycles. The number of hydrogen-bond acceptors (Lipinski definition) is 5. The smallest absolute Gasteiger partial charge is 0.281 e. The molecule has 1 aliphatic carbocycles. The van der Waals surface area contributed by atoms with Gasteiger partial charge in [0.2, 0.25) is 5.60 Å². The standard InChI is InChI=1S/C29H27ClF3N3O4/c1-40-23-8-4-7-22-24(23)29(39,20-5-2-3-6-21(20)31)28(38)36(22)15-16-9-11-18(12-10-16)35-27(37)19-13-17(30)14-34-25(19)26(32)33/h2-8,13-14,16,18,26,39H,9-12,15H2,1H3,(H,35,37)/t16-,18-,29?. The number of aliphatic hydroxyl groups is 1. The van der Waals surface area contributed by atoms with Gasteiger partial charge in [-0.1, -0.05) is 35.9 Å². The Kier molecular flexibility index (Phi) is 7.74. The molecule has 5 rings (SSSR count). The molecule has 3 aromatic rings. The number of anilines is 1. The van der Waals surface area contributed by atoms with Crippen molar-refractivity contribution in [1.29, 1.82) is 0 Å². The van der Waals surface area contributed by atoms with Gasteiger partial charge in [-0.15, -0.1) is 0 Å². The Morgan fingerprint density at radius 2 is 1.93 bits per heavy atom. The molecule has 1 fully saturated rings. The molecule has 0 radical (unpaired) electrons. The van der Waals surface area contributed by atoms with Gasteiger partial charge >= 0.3 is 0 Å². The average Bonchev–Trinajstić information content (AvgIpc) is 3.16. The molecule has 1 atom stereocenters. The SMILES string of the molecule is COc1cccc2c1C(O)(c1ccccc1F)C(=O)N2C[C@H]1CC[C@H](NC(=O)c2cc(Cl)cnc2C(F)F)CC1.